The van der Waals surface area contributed by atoms with E-state index >= 15 is 0 Å². The zero-order valence-electron chi connectivity index (χ0n) is 18.1. The molecule has 2 aromatic rings. The predicted molar refractivity (Wildman–Crippen MR) is 121 cm³/mol. The van der Waals surface area contributed by atoms with Crippen molar-refractivity contribution in [1.29, 1.82) is 0 Å². The lowest BCUT2D eigenvalue weighted by molar-refractivity contribution is -0.145. The Morgan fingerprint density at radius 2 is 1.88 bits per heavy atom. The molecule has 0 bridgehead atoms. The third kappa shape index (κ3) is 2.90. The Kier molecular flexibility index (Phi) is 4.91. The zero-order valence-corrected chi connectivity index (χ0v) is 18.9. The van der Waals surface area contributed by atoms with Crippen LogP contribution in [0.1, 0.15) is 31.4 Å². The highest BCUT2D eigenvalue weighted by atomic mass is 35.5. The summed E-state index contributed by atoms with van der Waals surface area (Å²) in [6.45, 7) is 3.73. The molecule has 5 rings (SSSR count). The van der Waals surface area contributed by atoms with Crippen LogP contribution >= 0.6 is 11.6 Å². The standard InChI is InChI=1S/C24H24ClN3O5/c1-3-11(2)28-21(31)18-15(9-12-7-8-16(29)17(30)10-12)27-24(19(18)22(28)32)13-5-4-6-14(25)20(13)26-23(24)33/h4-8,10-11,15,18-19,27,29-30H,3,9H2,1-2H3,(H,26,33)/t11?,15?,18-,19+,24?/m1/s1. The molecule has 3 aliphatic heterocycles. The molecule has 3 heterocycles. The van der Waals surface area contributed by atoms with Crippen molar-refractivity contribution >= 4 is 35.0 Å². The maximum Gasteiger partial charge on any atom is 0.250 e. The molecule has 0 aliphatic carbocycles. The molecular weight excluding hydrogens is 446 g/mol. The Balaban J connectivity index is 1.64. The van der Waals surface area contributed by atoms with E-state index < -0.39 is 29.3 Å². The first-order valence-electron chi connectivity index (χ1n) is 11.0. The first-order chi connectivity index (χ1) is 15.7. The number of phenols is 2. The molecule has 3 amide bonds. The summed E-state index contributed by atoms with van der Waals surface area (Å²) < 4.78 is 0. The number of amides is 3. The van der Waals surface area contributed by atoms with Crippen LogP contribution in [-0.2, 0) is 26.3 Å². The number of carbonyl (C=O) groups excluding carboxylic acids is 3. The summed E-state index contributed by atoms with van der Waals surface area (Å²) in [4.78, 5) is 42.0. The van der Waals surface area contributed by atoms with Crippen LogP contribution in [0.3, 0.4) is 0 Å². The Labute approximate surface area is 195 Å². The highest BCUT2D eigenvalue weighted by Gasteiger charge is 2.70. The molecule has 9 heteroatoms. The van der Waals surface area contributed by atoms with Gasteiger partial charge >= 0.3 is 0 Å². The number of hydrogen-bond donors (Lipinski definition) is 4. The van der Waals surface area contributed by atoms with Crippen molar-refractivity contribution in [1.82, 2.24) is 10.2 Å². The summed E-state index contributed by atoms with van der Waals surface area (Å²) in [5, 5.41) is 26.1. The van der Waals surface area contributed by atoms with Gasteiger partial charge in [-0.15, -0.1) is 0 Å². The molecule has 2 saturated heterocycles. The molecular formula is C24H24ClN3O5. The van der Waals surface area contributed by atoms with E-state index in [1.165, 1.54) is 17.0 Å². The first-order valence-corrected chi connectivity index (χ1v) is 11.3. The van der Waals surface area contributed by atoms with Crippen LogP contribution in [0.5, 0.6) is 11.5 Å². The molecule has 4 N–H and O–H groups in total. The summed E-state index contributed by atoms with van der Waals surface area (Å²) in [6, 6.07) is 8.72. The van der Waals surface area contributed by atoms with Gasteiger partial charge in [-0.2, -0.15) is 0 Å². The highest BCUT2D eigenvalue weighted by Crippen LogP contribution is 2.54. The molecule has 3 aliphatic rings. The van der Waals surface area contributed by atoms with Gasteiger partial charge in [0.25, 0.3) is 0 Å². The van der Waals surface area contributed by atoms with Crippen molar-refractivity contribution in [2.75, 3.05) is 5.32 Å². The zero-order chi connectivity index (χ0) is 23.7. The summed E-state index contributed by atoms with van der Waals surface area (Å²) in [5.41, 5.74) is 0.230. The number of rotatable bonds is 4. The van der Waals surface area contributed by atoms with Crippen LogP contribution in [0.15, 0.2) is 36.4 Å². The first kappa shape index (κ1) is 21.7. The number of carbonyl (C=O) groups is 3. The van der Waals surface area contributed by atoms with Gasteiger partial charge < -0.3 is 15.5 Å². The number of phenolic OH excluding ortho intramolecular Hbond substituents is 2. The summed E-state index contributed by atoms with van der Waals surface area (Å²) in [7, 11) is 0. The predicted octanol–water partition coefficient (Wildman–Crippen LogP) is 2.51. The van der Waals surface area contributed by atoms with Crippen molar-refractivity contribution < 1.29 is 24.6 Å². The third-order valence-electron chi connectivity index (χ3n) is 7.26. The second-order valence-corrected chi connectivity index (χ2v) is 9.42. The van der Waals surface area contributed by atoms with Gasteiger partial charge in [-0.05, 0) is 43.5 Å². The molecule has 2 aromatic carbocycles. The van der Waals surface area contributed by atoms with E-state index in [-0.39, 0.29) is 35.8 Å². The minimum Gasteiger partial charge on any atom is -0.504 e. The van der Waals surface area contributed by atoms with Crippen LogP contribution in [0.25, 0.3) is 0 Å². The molecule has 0 radical (unpaired) electrons. The lowest BCUT2D eigenvalue weighted by Crippen LogP contribution is -2.54. The van der Waals surface area contributed by atoms with E-state index in [2.05, 4.69) is 10.6 Å². The van der Waals surface area contributed by atoms with Crippen molar-refractivity contribution in [3.63, 3.8) is 0 Å². The average molecular weight is 470 g/mol. The van der Waals surface area contributed by atoms with E-state index in [1.807, 2.05) is 13.8 Å². The second-order valence-electron chi connectivity index (χ2n) is 9.01. The number of halogens is 1. The van der Waals surface area contributed by atoms with Crippen LogP contribution in [0, 0.1) is 11.8 Å². The van der Waals surface area contributed by atoms with Crippen molar-refractivity contribution in [2.24, 2.45) is 11.8 Å². The fraction of sp³-hybridized carbons (Fsp3) is 0.375. The number of fused-ring (bicyclic) bond motifs is 4. The number of nitrogens with one attached hydrogen (secondary N) is 2. The summed E-state index contributed by atoms with van der Waals surface area (Å²) in [6.07, 6.45) is 0.871. The number of benzene rings is 2. The van der Waals surface area contributed by atoms with Gasteiger partial charge in [0.05, 0.1) is 22.5 Å². The number of imide groups is 1. The van der Waals surface area contributed by atoms with E-state index in [0.717, 1.165) is 0 Å². The molecule has 0 aromatic heterocycles. The van der Waals surface area contributed by atoms with Crippen molar-refractivity contribution in [3.05, 3.63) is 52.5 Å². The molecule has 33 heavy (non-hydrogen) atoms. The van der Waals surface area contributed by atoms with Gasteiger partial charge in [0, 0.05) is 17.6 Å². The molecule has 2 fully saturated rings. The minimum atomic E-state index is -1.43. The van der Waals surface area contributed by atoms with E-state index in [9.17, 15) is 24.6 Å². The number of aromatic hydroxyl groups is 2. The maximum atomic E-state index is 13.7. The number of hydrogen-bond acceptors (Lipinski definition) is 6. The fourth-order valence-electron chi connectivity index (χ4n) is 5.56. The number of nitrogens with zero attached hydrogens (tertiary/aromatic N) is 1. The van der Waals surface area contributed by atoms with E-state index in [0.29, 0.717) is 28.3 Å². The van der Waals surface area contributed by atoms with E-state index in [4.69, 9.17) is 11.6 Å². The summed E-state index contributed by atoms with van der Waals surface area (Å²) in [5.74, 6) is -3.30. The second kappa shape index (κ2) is 7.46. The average Bonchev–Trinajstić information content (AvgIpc) is 3.36. The quantitative estimate of drug-likeness (QED) is 0.403. The minimum absolute atomic E-state index is 0.249. The highest BCUT2D eigenvalue weighted by molar-refractivity contribution is 6.35. The Bertz CT molecular complexity index is 1200. The van der Waals surface area contributed by atoms with Crippen LogP contribution in [0.2, 0.25) is 5.02 Å². The number of para-hydroxylation sites is 1. The van der Waals surface area contributed by atoms with Gasteiger partial charge in [0.2, 0.25) is 17.7 Å². The van der Waals surface area contributed by atoms with Crippen LogP contribution < -0.4 is 10.6 Å². The molecule has 172 valence electrons. The van der Waals surface area contributed by atoms with E-state index in [1.54, 1.807) is 24.3 Å². The Morgan fingerprint density at radius 1 is 1.12 bits per heavy atom. The molecule has 5 atom stereocenters. The van der Waals surface area contributed by atoms with Gasteiger partial charge in [-0.25, -0.2) is 0 Å². The smallest absolute Gasteiger partial charge is 0.250 e. The molecule has 1 spiro atoms. The van der Waals surface area contributed by atoms with Crippen LogP contribution in [0.4, 0.5) is 5.69 Å². The number of anilines is 1. The lowest BCUT2D eigenvalue weighted by Gasteiger charge is -2.31. The number of likely N-dealkylation sites (tertiary alicyclic amines) is 1. The van der Waals surface area contributed by atoms with Crippen LogP contribution in [-0.4, -0.2) is 44.9 Å². The molecule has 8 nitrogen and oxygen atoms in total. The monoisotopic (exact) mass is 469 g/mol. The maximum absolute atomic E-state index is 13.7. The van der Waals surface area contributed by atoms with Crippen molar-refractivity contribution in [3.8, 4) is 11.5 Å². The fourth-order valence-corrected chi connectivity index (χ4v) is 5.78. The Hall–Kier alpha value is -3.10. The van der Waals surface area contributed by atoms with Crippen molar-refractivity contribution in [2.45, 2.75) is 44.3 Å². The largest absolute Gasteiger partial charge is 0.504 e. The van der Waals surface area contributed by atoms with Gasteiger partial charge in [0.15, 0.2) is 11.5 Å². The third-order valence-corrected chi connectivity index (χ3v) is 7.58. The molecule has 0 saturated carbocycles. The lowest BCUT2D eigenvalue weighted by atomic mass is 9.76. The molecule has 3 unspecified atom stereocenters. The topological polar surface area (TPSA) is 119 Å². The van der Waals surface area contributed by atoms with Gasteiger partial charge in [-0.1, -0.05) is 36.7 Å². The Morgan fingerprint density at radius 3 is 2.58 bits per heavy atom. The normalized spacial score (nSPS) is 28.9. The van der Waals surface area contributed by atoms with Gasteiger partial charge in [0.1, 0.15) is 5.54 Å². The van der Waals surface area contributed by atoms with Gasteiger partial charge in [-0.3, -0.25) is 24.6 Å². The summed E-state index contributed by atoms with van der Waals surface area (Å²) >= 11 is 6.35. The SMILES string of the molecule is CCC(C)N1C(=O)[C@@H]2C(Cc3ccc(O)c(O)c3)NC3(C(=O)Nc4c(Cl)cccc43)[C@@H]2C1=O.